The summed E-state index contributed by atoms with van der Waals surface area (Å²) in [6, 6.07) is 5.24. The van der Waals surface area contributed by atoms with Crippen LogP contribution in [-0.2, 0) is 0 Å². The van der Waals surface area contributed by atoms with Crippen LogP contribution in [0.4, 0.5) is 0 Å². The van der Waals surface area contributed by atoms with E-state index in [-0.39, 0.29) is 6.04 Å². The minimum atomic E-state index is -0.890. The average molecular weight is 193 g/mol. The van der Waals surface area contributed by atoms with E-state index in [0.717, 1.165) is 17.5 Å². The molecule has 1 aromatic carbocycles. The molecule has 1 aromatic rings. The summed E-state index contributed by atoms with van der Waals surface area (Å²) in [4.78, 5) is 10.7. The van der Waals surface area contributed by atoms with Crippen LogP contribution in [0.1, 0.15) is 40.9 Å². The molecule has 3 heteroatoms. The maximum Gasteiger partial charge on any atom is 0.335 e. The normalized spacial score (nSPS) is 12.5. The lowest BCUT2D eigenvalue weighted by Crippen LogP contribution is -2.10. The van der Waals surface area contributed by atoms with E-state index in [1.54, 1.807) is 19.1 Å². The Bertz CT molecular complexity index is 347. The third-order valence-electron chi connectivity index (χ3n) is 2.35. The van der Waals surface area contributed by atoms with Gasteiger partial charge in [-0.15, -0.1) is 0 Å². The fourth-order valence-electron chi connectivity index (χ4n) is 1.39. The van der Waals surface area contributed by atoms with Crippen molar-refractivity contribution in [3.8, 4) is 0 Å². The molecule has 0 unspecified atom stereocenters. The molecule has 0 aromatic heterocycles. The van der Waals surface area contributed by atoms with Gasteiger partial charge in [0.25, 0.3) is 0 Å². The number of hydrogen-bond acceptors (Lipinski definition) is 2. The minimum absolute atomic E-state index is 0.00320. The highest BCUT2D eigenvalue weighted by molar-refractivity contribution is 5.89. The summed E-state index contributed by atoms with van der Waals surface area (Å²) in [6.45, 7) is 3.79. The summed E-state index contributed by atoms with van der Waals surface area (Å²) in [5, 5.41) is 8.82. The molecule has 0 bridgehead atoms. The van der Waals surface area contributed by atoms with Crippen LogP contribution in [0.2, 0.25) is 0 Å². The summed E-state index contributed by atoms with van der Waals surface area (Å²) < 4.78 is 0. The second-order valence-electron chi connectivity index (χ2n) is 3.39. The fourth-order valence-corrected chi connectivity index (χ4v) is 1.39. The second-order valence-corrected chi connectivity index (χ2v) is 3.39. The molecule has 0 amide bonds. The van der Waals surface area contributed by atoms with E-state index in [1.165, 1.54) is 0 Å². The zero-order chi connectivity index (χ0) is 10.7. The van der Waals surface area contributed by atoms with Crippen LogP contribution < -0.4 is 5.73 Å². The van der Waals surface area contributed by atoms with Gasteiger partial charge in [0.15, 0.2) is 0 Å². The number of rotatable bonds is 3. The highest BCUT2D eigenvalue weighted by Gasteiger charge is 2.09. The molecule has 0 radical (unpaired) electrons. The van der Waals surface area contributed by atoms with Crippen LogP contribution in [0.15, 0.2) is 18.2 Å². The molecule has 1 rings (SSSR count). The van der Waals surface area contributed by atoms with Crippen molar-refractivity contribution in [2.75, 3.05) is 0 Å². The molecule has 0 aliphatic heterocycles. The van der Waals surface area contributed by atoms with Gasteiger partial charge in [0.05, 0.1) is 5.56 Å². The molecule has 3 N–H and O–H groups in total. The topological polar surface area (TPSA) is 63.3 Å². The van der Waals surface area contributed by atoms with Gasteiger partial charge >= 0.3 is 5.97 Å². The first-order valence-corrected chi connectivity index (χ1v) is 4.65. The molecule has 76 valence electrons. The van der Waals surface area contributed by atoms with E-state index in [1.807, 2.05) is 13.0 Å². The number of carbonyl (C=O) groups is 1. The zero-order valence-electron chi connectivity index (χ0n) is 8.45. The van der Waals surface area contributed by atoms with Crippen molar-refractivity contribution in [2.45, 2.75) is 26.3 Å². The standard InChI is InChI=1S/C11H15NO2/c1-3-10(12)8-4-5-9(11(13)14)7(2)6-8/h4-6,10H,3,12H2,1-2H3,(H,13,14)/t10-/m1/s1. The maximum atomic E-state index is 10.7. The first kappa shape index (κ1) is 10.7. The molecule has 0 aliphatic rings. The van der Waals surface area contributed by atoms with Crippen LogP contribution in [0.3, 0.4) is 0 Å². The van der Waals surface area contributed by atoms with Gasteiger partial charge in [0.2, 0.25) is 0 Å². The third-order valence-corrected chi connectivity index (χ3v) is 2.35. The summed E-state index contributed by atoms with van der Waals surface area (Å²) >= 11 is 0. The van der Waals surface area contributed by atoms with E-state index < -0.39 is 5.97 Å². The third kappa shape index (κ3) is 2.12. The van der Waals surface area contributed by atoms with E-state index in [9.17, 15) is 4.79 Å². The van der Waals surface area contributed by atoms with Gasteiger partial charge in [0.1, 0.15) is 0 Å². The van der Waals surface area contributed by atoms with E-state index in [0.29, 0.717) is 5.56 Å². The number of benzene rings is 1. The molecule has 0 aliphatic carbocycles. The van der Waals surface area contributed by atoms with Crippen molar-refractivity contribution in [1.29, 1.82) is 0 Å². The Labute approximate surface area is 83.6 Å². The molecule has 0 heterocycles. The first-order chi connectivity index (χ1) is 6.56. The number of hydrogen-bond donors (Lipinski definition) is 2. The molecule has 0 saturated heterocycles. The second kappa shape index (κ2) is 4.24. The molecule has 0 saturated carbocycles. The number of carboxylic acid groups (broad SMARTS) is 1. The fraction of sp³-hybridized carbons (Fsp3) is 0.364. The van der Waals surface area contributed by atoms with Crippen LogP contribution in [0, 0.1) is 6.92 Å². The Morgan fingerprint density at radius 1 is 1.57 bits per heavy atom. The predicted octanol–water partition coefficient (Wildman–Crippen LogP) is 2.10. The van der Waals surface area contributed by atoms with E-state index in [2.05, 4.69) is 0 Å². The minimum Gasteiger partial charge on any atom is -0.478 e. The van der Waals surface area contributed by atoms with E-state index >= 15 is 0 Å². The predicted molar refractivity (Wildman–Crippen MR) is 55.4 cm³/mol. The SMILES string of the molecule is CC[C@@H](N)c1ccc(C(=O)O)c(C)c1. The Morgan fingerprint density at radius 2 is 2.21 bits per heavy atom. The Hall–Kier alpha value is -1.35. The zero-order valence-corrected chi connectivity index (χ0v) is 8.45. The summed E-state index contributed by atoms with van der Waals surface area (Å²) in [6.07, 6.45) is 0.853. The molecular weight excluding hydrogens is 178 g/mol. The van der Waals surface area contributed by atoms with Crippen LogP contribution in [0.25, 0.3) is 0 Å². The van der Waals surface area contributed by atoms with Gasteiger partial charge in [-0.2, -0.15) is 0 Å². The van der Waals surface area contributed by atoms with Crippen LogP contribution in [-0.4, -0.2) is 11.1 Å². The van der Waals surface area contributed by atoms with Crippen molar-refractivity contribution in [3.05, 3.63) is 34.9 Å². The van der Waals surface area contributed by atoms with Gasteiger partial charge in [-0.25, -0.2) is 4.79 Å². The van der Waals surface area contributed by atoms with Crippen molar-refractivity contribution < 1.29 is 9.90 Å². The number of carboxylic acids is 1. The van der Waals surface area contributed by atoms with Gasteiger partial charge in [-0.05, 0) is 30.5 Å². The maximum absolute atomic E-state index is 10.7. The Balaban J connectivity index is 3.06. The van der Waals surface area contributed by atoms with Crippen molar-refractivity contribution in [1.82, 2.24) is 0 Å². The molecule has 14 heavy (non-hydrogen) atoms. The molecule has 1 atom stereocenters. The lowest BCUT2D eigenvalue weighted by atomic mass is 9.99. The van der Waals surface area contributed by atoms with Crippen molar-refractivity contribution in [2.24, 2.45) is 5.73 Å². The highest BCUT2D eigenvalue weighted by Crippen LogP contribution is 2.17. The Morgan fingerprint density at radius 3 is 2.64 bits per heavy atom. The van der Waals surface area contributed by atoms with Gasteiger partial charge < -0.3 is 10.8 Å². The lowest BCUT2D eigenvalue weighted by molar-refractivity contribution is 0.0696. The lowest BCUT2D eigenvalue weighted by Gasteiger charge is -2.10. The van der Waals surface area contributed by atoms with E-state index in [4.69, 9.17) is 10.8 Å². The number of aryl methyl sites for hydroxylation is 1. The molecule has 0 spiro atoms. The van der Waals surface area contributed by atoms with Gasteiger partial charge in [-0.3, -0.25) is 0 Å². The molecule has 3 nitrogen and oxygen atoms in total. The first-order valence-electron chi connectivity index (χ1n) is 4.65. The summed E-state index contributed by atoms with van der Waals surface area (Å²) in [5.41, 5.74) is 7.94. The summed E-state index contributed by atoms with van der Waals surface area (Å²) in [5.74, 6) is -0.890. The number of nitrogens with two attached hydrogens (primary N) is 1. The largest absolute Gasteiger partial charge is 0.478 e. The monoisotopic (exact) mass is 193 g/mol. The smallest absolute Gasteiger partial charge is 0.335 e. The van der Waals surface area contributed by atoms with Gasteiger partial charge in [-0.1, -0.05) is 19.1 Å². The average Bonchev–Trinajstić information content (AvgIpc) is 2.15. The highest BCUT2D eigenvalue weighted by atomic mass is 16.4. The van der Waals surface area contributed by atoms with Crippen LogP contribution >= 0.6 is 0 Å². The quantitative estimate of drug-likeness (QED) is 0.772. The van der Waals surface area contributed by atoms with Crippen LogP contribution in [0.5, 0.6) is 0 Å². The number of aromatic carboxylic acids is 1. The summed E-state index contributed by atoms with van der Waals surface area (Å²) in [7, 11) is 0. The van der Waals surface area contributed by atoms with Crippen molar-refractivity contribution in [3.63, 3.8) is 0 Å². The molecular formula is C11H15NO2. The van der Waals surface area contributed by atoms with Crippen molar-refractivity contribution >= 4 is 5.97 Å². The van der Waals surface area contributed by atoms with Gasteiger partial charge in [0, 0.05) is 6.04 Å². The Kier molecular flexibility index (Phi) is 3.25. The molecule has 0 fully saturated rings.